The van der Waals surface area contributed by atoms with E-state index < -0.39 is 0 Å². The number of fused-ring (bicyclic) bond motifs is 1. The lowest BCUT2D eigenvalue weighted by atomic mass is 10.2. The average Bonchev–Trinajstić information content (AvgIpc) is 2.49. The SMILES string of the molecule is Nc1cc2c(cc1C=O)OCO2. The molecule has 0 unspecified atom stereocenters. The van der Waals surface area contributed by atoms with Crippen LogP contribution in [0.5, 0.6) is 11.5 Å². The molecule has 0 fully saturated rings. The topological polar surface area (TPSA) is 61.6 Å². The molecule has 62 valence electrons. The van der Waals surface area contributed by atoms with Gasteiger partial charge in [0, 0.05) is 17.3 Å². The summed E-state index contributed by atoms with van der Waals surface area (Å²) in [7, 11) is 0. The van der Waals surface area contributed by atoms with Crippen molar-refractivity contribution < 1.29 is 14.3 Å². The summed E-state index contributed by atoms with van der Waals surface area (Å²) in [6.07, 6.45) is 0.692. The first-order valence-electron chi connectivity index (χ1n) is 3.45. The van der Waals surface area contributed by atoms with Crippen molar-refractivity contribution in [1.82, 2.24) is 0 Å². The second-order valence-corrected chi connectivity index (χ2v) is 2.45. The van der Waals surface area contributed by atoms with Crippen molar-refractivity contribution in [1.29, 1.82) is 0 Å². The van der Waals surface area contributed by atoms with Crippen molar-refractivity contribution in [2.45, 2.75) is 0 Å². The quantitative estimate of drug-likeness (QED) is 0.494. The lowest BCUT2D eigenvalue weighted by Crippen LogP contribution is -1.92. The first kappa shape index (κ1) is 6.97. The Morgan fingerprint density at radius 2 is 2.00 bits per heavy atom. The Kier molecular flexibility index (Phi) is 1.40. The van der Waals surface area contributed by atoms with Gasteiger partial charge in [-0.1, -0.05) is 0 Å². The predicted molar refractivity (Wildman–Crippen MR) is 42.4 cm³/mol. The molecule has 1 aliphatic rings. The summed E-state index contributed by atoms with van der Waals surface area (Å²) in [5.74, 6) is 1.17. The number of nitrogens with two attached hydrogens (primary N) is 1. The third kappa shape index (κ3) is 0.887. The molecule has 2 N–H and O–H groups in total. The summed E-state index contributed by atoms with van der Waals surface area (Å²) in [5, 5.41) is 0. The number of benzene rings is 1. The summed E-state index contributed by atoms with van der Waals surface area (Å²) in [6.45, 7) is 0.192. The molecule has 4 heteroatoms. The maximum absolute atomic E-state index is 10.5. The number of aldehydes is 1. The molecule has 0 bridgehead atoms. The molecule has 1 aliphatic heterocycles. The summed E-state index contributed by atoms with van der Waals surface area (Å²) >= 11 is 0. The Morgan fingerprint density at radius 1 is 1.33 bits per heavy atom. The molecular weight excluding hydrogens is 158 g/mol. The summed E-state index contributed by atoms with van der Waals surface area (Å²) in [6, 6.07) is 3.16. The monoisotopic (exact) mass is 165 g/mol. The fourth-order valence-electron chi connectivity index (χ4n) is 1.08. The highest BCUT2D eigenvalue weighted by molar-refractivity contribution is 5.85. The molecule has 1 heterocycles. The molecule has 0 radical (unpaired) electrons. The van der Waals surface area contributed by atoms with Gasteiger partial charge in [0.15, 0.2) is 17.8 Å². The number of anilines is 1. The molecule has 4 nitrogen and oxygen atoms in total. The van der Waals surface area contributed by atoms with E-state index in [1.165, 1.54) is 0 Å². The molecule has 1 aromatic carbocycles. The van der Waals surface area contributed by atoms with Gasteiger partial charge >= 0.3 is 0 Å². The molecule has 0 aromatic heterocycles. The fourth-order valence-corrected chi connectivity index (χ4v) is 1.08. The number of carbonyl (C=O) groups is 1. The lowest BCUT2D eigenvalue weighted by Gasteiger charge is -1.99. The maximum atomic E-state index is 10.5. The standard InChI is InChI=1S/C8H7NO3/c9-6-2-8-7(11-4-12-8)1-5(6)3-10/h1-3H,4,9H2. The van der Waals surface area contributed by atoms with Crippen LogP contribution in [-0.4, -0.2) is 13.1 Å². The summed E-state index contributed by atoms with van der Waals surface area (Å²) in [4.78, 5) is 10.5. The lowest BCUT2D eigenvalue weighted by molar-refractivity contribution is 0.112. The van der Waals surface area contributed by atoms with Gasteiger partial charge in [0.25, 0.3) is 0 Å². The van der Waals surface area contributed by atoms with E-state index in [-0.39, 0.29) is 6.79 Å². The molecule has 2 rings (SSSR count). The first-order chi connectivity index (χ1) is 5.81. The van der Waals surface area contributed by atoms with Crippen LogP contribution in [0.4, 0.5) is 5.69 Å². The number of rotatable bonds is 1. The van der Waals surface area contributed by atoms with Gasteiger partial charge in [0.1, 0.15) is 0 Å². The van der Waals surface area contributed by atoms with E-state index in [9.17, 15) is 4.79 Å². The van der Waals surface area contributed by atoms with Crippen molar-refractivity contribution >= 4 is 12.0 Å². The molecule has 1 aromatic rings. The fraction of sp³-hybridized carbons (Fsp3) is 0.125. The Balaban J connectivity index is 2.56. The van der Waals surface area contributed by atoms with Gasteiger partial charge in [-0.3, -0.25) is 4.79 Å². The van der Waals surface area contributed by atoms with Crippen LogP contribution in [0.25, 0.3) is 0 Å². The van der Waals surface area contributed by atoms with Gasteiger partial charge in [-0.15, -0.1) is 0 Å². The van der Waals surface area contributed by atoms with Crippen LogP contribution in [0, 0.1) is 0 Å². The van der Waals surface area contributed by atoms with Crippen molar-refractivity contribution in [3.05, 3.63) is 17.7 Å². The molecule has 0 saturated carbocycles. The minimum atomic E-state index is 0.192. The average molecular weight is 165 g/mol. The molecule has 0 aliphatic carbocycles. The highest BCUT2D eigenvalue weighted by Crippen LogP contribution is 2.35. The Hall–Kier alpha value is -1.71. The van der Waals surface area contributed by atoms with E-state index in [0.717, 1.165) is 0 Å². The van der Waals surface area contributed by atoms with Gasteiger partial charge < -0.3 is 15.2 Å². The van der Waals surface area contributed by atoms with Crippen LogP contribution in [0.2, 0.25) is 0 Å². The molecule has 12 heavy (non-hydrogen) atoms. The van der Waals surface area contributed by atoms with Gasteiger partial charge in [-0.2, -0.15) is 0 Å². The van der Waals surface area contributed by atoms with Gasteiger partial charge in [0.2, 0.25) is 6.79 Å². The second kappa shape index (κ2) is 2.41. The number of hydrogen-bond acceptors (Lipinski definition) is 4. The number of ether oxygens (including phenoxy) is 2. The zero-order valence-electron chi connectivity index (χ0n) is 6.24. The number of carbonyl (C=O) groups excluding carboxylic acids is 1. The van der Waals surface area contributed by atoms with Crippen molar-refractivity contribution in [3.63, 3.8) is 0 Å². The highest BCUT2D eigenvalue weighted by atomic mass is 16.7. The molecule has 0 amide bonds. The zero-order valence-corrected chi connectivity index (χ0v) is 6.24. The van der Waals surface area contributed by atoms with E-state index >= 15 is 0 Å². The predicted octanol–water partition coefficient (Wildman–Crippen LogP) is 0.810. The van der Waals surface area contributed by atoms with Gasteiger partial charge in [0.05, 0.1) is 0 Å². The van der Waals surface area contributed by atoms with E-state index in [4.69, 9.17) is 15.2 Å². The van der Waals surface area contributed by atoms with Crippen molar-refractivity contribution in [2.24, 2.45) is 0 Å². The van der Waals surface area contributed by atoms with E-state index in [0.29, 0.717) is 29.0 Å². The van der Waals surface area contributed by atoms with Crippen LogP contribution in [0.15, 0.2) is 12.1 Å². The minimum Gasteiger partial charge on any atom is -0.454 e. The largest absolute Gasteiger partial charge is 0.454 e. The second-order valence-electron chi connectivity index (χ2n) is 2.45. The van der Waals surface area contributed by atoms with E-state index in [1.54, 1.807) is 12.1 Å². The van der Waals surface area contributed by atoms with E-state index in [1.807, 2.05) is 0 Å². The van der Waals surface area contributed by atoms with Crippen molar-refractivity contribution in [2.75, 3.05) is 12.5 Å². The molecule has 0 atom stereocenters. The summed E-state index contributed by atoms with van der Waals surface area (Å²) < 4.78 is 10.1. The Bertz CT molecular complexity index is 335. The van der Waals surface area contributed by atoms with Crippen LogP contribution in [0.3, 0.4) is 0 Å². The number of hydrogen-bond donors (Lipinski definition) is 1. The Morgan fingerprint density at radius 3 is 2.67 bits per heavy atom. The third-order valence-corrected chi connectivity index (χ3v) is 1.71. The van der Waals surface area contributed by atoms with E-state index in [2.05, 4.69) is 0 Å². The van der Waals surface area contributed by atoms with Crippen LogP contribution < -0.4 is 15.2 Å². The highest BCUT2D eigenvalue weighted by Gasteiger charge is 2.15. The van der Waals surface area contributed by atoms with Gasteiger partial charge in [-0.05, 0) is 6.07 Å². The van der Waals surface area contributed by atoms with Crippen LogP contribution in [-0.2, 0) is 0 Å². The molecule has 0 saturated heterocycles. The normalized spacial score (nSPS) is 13.0. The van der Waals surface area contributed by atoms with Gasteiger partial charge in [-0.25, -0.2) is 0 Å². The first-order valence-corrected chi connectivity index (χ1v) is 3.45. The third-order valence-electron chi connectivity index (χ3n) is 1.71. The smallest absolute Gasteiger partial charge is 0.231 e. The Labute approximate surface area is 68.9 Å². The molecule has 0 spiro atoms. The number of nitrogen functional groups attached to an aromatic ring is 1. The summed E-state index contributed by atoms with van der Waals surface area (Å²) in [5.41, 5.74) is 6.38. The van der Waals surface area contributed by atoms with Crippen LogP contribution in [0.1, 0.15) is 10.4 Å². The minimum absolute atomic E-state index is 0.192. The van der Waals surface area contributed by atoms with Crippen LogP contribution >= 0.6 is 0 Å². The molecular formula is C8H7NO3. The zero-order chi connectivity index (χ0) is 8.55. The maximum Gasteiger partial charge on any atom is 0.231 e. The van der Waals surface area contributed by atoms with Crippen molar-refractivity contribution in [3.8, 4) is 11.5 Å².